The maximum atomic E-state index is 11.3. The highest BCUT2D eigenvalue weighted by Gasteiger charge is 2.21. The standard InChI is InChI=1S/C11H14N2O4/c1-15-5-8-6-16-9-3-2-7(11(14)13-12)4-10(9)17-8/h2-4,8H,5-6,12H2,1H3,(H,13,14)/t8-/m1/s1. The van der Waals surface area contributed by atoms with Gasteiger partial charge in [-0.05, 0) is 18.2 Å². The highest BCUT2D eigenvalue weighted by molar-refractivity contribution is 5.94. The van der Waals surface area contributed by atoms with E-state index in [0.29, 0.717) is 30.3 Å². The second-order valence-corrected chi connectivity index (χ2v) is 3.64. The van der Waals surface area contributed by atoms with Gasteiger partial charge in [-0.2, -0.15) is 0 Å². The molecule has 1 amide bonds. The Bertz CT molecular complexity index is 422. The molecule has 0 aromatic heterocycles. The summed E-state index contributed by atoms with van der Waals surface area (Å²) in [4.78, 5) is 11.3. The predicted octanol–water partition coefficient (Wildman–Crippen LogP) is 0.0763. The highest BCUT2D eigenvalue weighted by Crippen LogP contribution is 2.32. The van der Waals surface area contributed by atoms with Gasteiger partial charge in [-0.25, -0.2) is 5.84 Å². The Morgan fingerprint density at radius 2 is 2.41 bits per heavy atom. The van der Waals surface area contributed by atoms with Gasteiger partial charge in [-0.1, -0.05) is 0 Å². The van der Waals surface area contributed by atoms with Crippen LogP contribution in [0.4, 0.5) is 0 Å². The molecule has 92 valence electrons. The molecule has 0 spiro atoms. The normalized spacial score (nSPS) is 17.6. The van der Waals surface area contributed by atoms with Gasteiger partial charge in [0.25, 0.3) is 5.91 Å². The van der Waals surface area contributed by atoms with Crippen LogP contribution < -0.4 is 20.7 Å². The fourth-order valence-corrected chi connectivity index (χ4v) is 1.61. The average Bonchev–Trinajstić information content (AvgIpc) is 2.37. The van der Waals surface area contributed by atoms with Crippen LogP contribution in [-0.4, -0.2) is 32.3 Å². The van der Waals surface area contributed by atoms with Gasteiger partial charge < -0.3 is 14.2 Å². The summed E-state index contributed by atoms with van der Waals surface area (Å²) in [6.07, 6.45) is -0.163. The molecule has 3 N–H and O–H groups in total. The van der Waals surface area contributed by atoms with E-state index in [4.69, 9.17) is 20.1 Å². The molecule has 0 unspecified atom stereocenters. The molecule has 1 aliphatic rings. The Labute approximate surface area is 98.6 Å². The van der Waals surface area contributed by atoms with E-state index in [-0.39, 0.29) is 12.0 Å². The smallest absolute Gasteiger partial charge is 0.265 e. The van der Waals surface area contributed by atoms with Crippen LogP contribution in [0.5, 0.6) is 11.5 Å². The van der Waals surface area contributed by atoms with Gasteiger partial charge in [0.15, 0.2) is 17.6 Å². The van der Waals surface area contributed by atoms with Gasteiger partial charge in [-0.15, -0.1) is 0 Å². The minimum Gasteiger partial charge on any atom is -0.486 e. The lowest BCUT2D eigenvalue weighted by molar-refractivity contribution is 0.0271. The summed E-state index contributed by atoms with van der Waals surface area (Å²) in [7, 11) is 1.59. The molecule has 0 aliphatic carbocycles. The fourth-order valence-electron chi connectivity index (χ4n) is 1.61. The molecule has 6 nitrogen and oxygen atoms in total. The van der Waals surface area contributed by atoms with E-state index in [2.05, 4.69) is 5.43 Å². The van der Waals surface area contributed by atoms with Gasteiger partial charge in [0.1, 0.15) is 6.61 Å². The summed E-state index contributed by atoms with van der Waals surface area (Å²) in [5, 5.41) is 0. The van der Waals surface area contributed by atoms with Crippen molar-refractivity contribution in [2.24, 2.45) is 5.84 Å². The van der Waals surface area contributed by atoms with E-state index in [1.807, 2.05) is 0 Å². The Kier molecular flexibility index (Phi) is 3.46. The molecule has 0 saturated heterocycles. The van der Waals surface area contributed by atoms with Gasteiger partial charge in [0, 0.05) is 12.7 Å². The first-order chi connectivity index (χ1) is 8.24. The van der Waals surface area contributed by atoms with E-state index in [9.17, 15) is 4.79 Å². The first-order valence-corrected chi connectivity index (χ1v) is 5.18. The summed E-state index contributed by atoms with van der Waals surface area (Å²) in [6, 6.07) is 4.91. The van der Waals surface area contributed by atoms with Crippen molar-refractivity contribution in [3.8, 4) is 11.5 Å². The van der Waals surface area contributed by atoms with Crippen molar-refractivity contribution in [2.45, 2.75) is 6.10 Å². The van der Waals surface area contributed by atoms with Crippen LogP contribution in [0, 0.1) is 0 Å². The number of nitrogens with two attached hydrogens (primary N) is 1. The van der Waals surface area contributed by atoms with E-state index in [0.717, 1.165) is 0 Å². The molecule has 17 heavy (non-hydrogen) atoms. The van der Waals surface area contributed by atoms with Crippen molar-refractivity contribution in [3.63, 3.8) is 0 Å². The number of fused-ring (bicyclic) bond motifs is 1. The number of amides is 1. The van der Waals surface area contributed by atoms with Crippen LogP contribution in [0.15, 0.2) is 18.2 Å². The van der Waals surface area contributed by atoms with Crippen molar-refractivity contribution < 1.29 is 19.0 Å². The predicted molar refractivity (Wildman–Crippen MR) is 59.9 cm³/mol. The molecule has 0 bridgehead atoms. The Hall–Kier alpha value is -1.79. The number of hydrogen-bond donors (Lipinski definition) is 2. The van der Waals surface area contributed by atoms with Crippen LogP contribution in [0.3, 0.4) is 0 Å². The number of benzene rings is 1. The van der Waals surface area contributed by atoms with Crippen molar-refractivity contribution in [1.29, 1.82) is 0 Å². The largest absolute Gasteiger partial charge is 0.486 e. The Morgan fingerprint density at radius 1 is 1.59 bits per heavy atom. The van der Waals surface area contributed by atoms with Crippen molar-refractivity contribution in [2.75, 3.05) is 20.3 Å². The number of hydrazine groups is 1. The third-order valence-electron chi connectivity index (χ3n) is 2.41. The lowest BCUT2D eigenvalue weighted by Gasteiger charge is -2.26. The lowest BCUT2D eigenvalue weighted by atomic mass is 10.2. The molecule has 1 atom stereocenters. The van der Waals surface area contributed by atoms with Gasteiger partial charge >= 0.3 is 0 Å². The van der Waals surface area contributed by atoms with Crippen LogP contribution in [0.2, 0.25) is 0 Å². The molecule has 1 aromatic rings. The molecular formula is C11H14N2O4. The molecule has 0 saturated carbocycles. The van der Waals surface area contributed by atoms with Crippen molar-refractivity contribution >= 4 is 5.91 Å². The minimum absolute atomic E-state index is 0.163. The number of ether oxygens (including phenoxy) is 3. The zero-order valence-electron chi connectivity index (χ0n) is 9.43. The molecule has 1 heterocycles. The topological polar surface area (TPSA) is 82.8 Å². The summed E-state index contributed by atoms with van der Waals surface area (Å²) < 4.78 is 16.1. The van der Waals surface area contributed by atoms with Crippen LogP contribution in [0.25, 0.3) is 0 Å². The van der Waals surface area contributed by atoms with E-state index in [1.165, 1.54) is 0 Å². The monoisotopic (exact) mass is 238 g/mol. The number of carbonyl (C=O) groups is 1. The number of nitrogen functional groups attached to an aromatic ring is 1. The summed E-state index contributed by atoms with van der Waals surface area (Å²) in [5.74, 6) is 5.84. The number of hydrogen-bond acceptors (Lipinski definition) is 5. The lowest BCUT2D eigenvalue weighted by Crippen LogP contribution is -2.33. The average molecular weight is 238 g/mol. The Balaban J connectivity index is 2.20. The summed E-state index contributed by atoms with van der Waals surface area (Å²) >= 11 is 0. The summed E-state index contributed by atoms with van der Waals surface area (Å²) in [5.41, 5.74) is 2.49. The second kappa shape index (κ2) is 5.03. The van der Waals surface area contributed by atoms with Crippen LogP contribution in [0.1, 0.15) is 10.4 Å². The minimum atomic E-state index is -0.370. The van der Waals surface area contributed by atoms with Crippen molar-refractivity contribution in [3.05, 3.63) is 23.8 Å². The van der Waals surface area contributed by atoms with Gasteiger partial charge in [-0.3, -0.25) is 10.2 Å². The quantitative estimate of drug-likeness (QED) is 0.442. The number of carbonyl (C=O) groups excluding carboxylic acids is 1. The van der Waals surface area contributed by atoms with E-state index >= 15 is 0 Å². The van der Waals surface area contributed by atoms with Gasteiger partial charge in [0.05, 0.1) is 6.61 Å². The van der Waals surface area contributed by atoms with E-state index < -0.39 is 0 Å². The fraction of sp³-hybridized carbons (Fsp3) is 0.364. The maximum absolute atomic E-state index is 11.3. The number of rotatable bonds is 3. The molecule has 1 aliphatic heterocycles. The molecule has 1 aromatic carbocycles. The third kappa shape index (κ3) is 2.48. The van der Waals surface area contributed by atoms with Gasteiger partial charge in [0.2, 0.25) is 0 Å². The molecule has 0 fully saturated rings. The first kappa shape index (κ1) is 11.7. The second-order valence-electron chi connectivity index (χ2n) is 3.64. The maximum Gasteiger partial charge on any atom is 0.265 e. The molecule has 6 heteroatoms. The van der Waals surface area contributed by atoms with Crippen LogP contribution >= 0.6 is 0 Å². The molecule has 0 radical (unpaired) electrons. The Morgan fingerprint density at radius 3 is 3.12 bits per heavy atom. The van der Waals surface area contributed by atoms with Crippen molar-refractivity contribution in [1.82, 2.24) is 5.43 Å². The highest BCUT2D eigenvalue weighted by atomic mass is 16.6. The van der Waals surface area contributed by atoms with E-state index in [1.54, 1.807) is 25.3 Å². The summed E-state index contributed by atoms with van der Waals surface area (Å²) in [6.45, 7) is 0.871. The zero-order chi connectivity index (χ0) is 12.3. The molecule has 2 rings (SSSR count). The first-order valence-electron chi connectivity index (χ1n) is 5.18. The number of nitrogens with one attached hydrogen (secondary N) is 1. The SMILES string of the molecule is COC[C@@H]1COc2ccc(C(=O)NN)cc2O1. The van der Waals surface area contributed by atoms with Crippen LogP contribution in [-0.2, 0) is 4.74 Å². The number of methoxy groups -OCH3 is 1. The zero-order valence-corrected chi connectivity index (χ0v) is 9.43. The third-order valence-corrected chi connectivity index (χ3v) is 2.41. The molecular weight excluding hydrogens is 224 g/mol.